The number of esters is 1. The molecule has 0 aliphatic rings. The molecule has 0 saturated heterocycles. The minimum Gasteiger partial charge on any atom is -0.502 e. The van der Waals surface area contributed by atoms with Gasteiger partial charge in [-0.2, -0.15) is 0 Å². The summed E-state index contributed by atoms with van der Waals surface area (Å²) in [5.74, 6) is -2.39. The first-order chi connectivity index (χ1) is 10.5. The average Bonchev–Trinajstić information content (AvgIpc) is 2.96. The molecule has 0 bridgehead atoms. The van der Waals surface area contributed by atoms with Crippen LogP contribution in [0.1, 0.15) is 21.7 Å². The topological polar surface area (TPSA) is 76.7 Å². The van der Waals surface area contributed by atoms with Gasteiger partial charge in [0.25, 0.3) is 0 Å². The first-order valence-electron chi connectivity index (χ1n) is 6.35. The predicted octanol–water partition coefficient (Wildman–Crippen LogP) is 2.81. The summed E-state index contributed by atoms with van der Waals surface area (Å²) in [6.07, 6.45) is 2.38. The van der Waals surface area contributed by atoms with Crippen molar-refractivity contribution in [3.8, 4) is 0 Å². The zero-order chi connectivity index (χ0) is 16.1. The van der Waals surface area contributed by atoms with E-state index in [1.54, 1.807) is 12.1 Å². The molecule has 114 valence electrons. The van der Waals surface area contributed by atoms with Crippen LogP contribution in [0.2, 0.25) is 0 Å². The molecule has 0 fully saturated rings. The van der Waals surface area contributed by atoms with Crippen molar-refractivity contribution in [2.75, 3.05) is 7.11 Å². The molecule has 0 saturated carbocycles. The van der Waals surface area contributed by atoms with Crippen LogP contribution in [0.25, 0.3) is 0 Å². The second-order valence-electron chi connectivity index (χ2n) is 4.45. The fraction of sp³-hybridized carbons (Fsp3) is 0.125. The molecule has 2 aromatic rings. The standard InChI is InChI=1S/C16H13FO5/c1-21-16(20)14(19)9-13(18)12-6-7-22-15(12)8-10-2-4-11(17)5-3-10/h2-7,9,19H,8H2,1H3. The lowest BCUT2D eigenvalue weighted by Gasteiger charge is -2.01. The van der Waals surface area contributed by atoms with Crippen LogP contribution >= 0.6 is 0 Å². The monoisotopic (exact) mass is 304 g/mol. The number of hydrogen-bond donors (Lipinski definition) is 1. The fourth-order valence-corrected chi connectivity index (χ4v) is 1.85. The molecule has 1 aromatic carbocycles. The van der Waals surface area contributed by atoms with Gasteiger partial charge in [-0.05, 0) is 23.8 Å². The number of ketones is 1. The van der Waals surface area contributed by atoms with Crippen molar-refractivity contribution in [2.24, 2.45) is 0 Å². The Balaban J connectivity index is 2.20. The van der Waals surface area contributed by atoms with Crippen LogP contribution in [-0.4, -0.2) is 24.0 Å². The molecule has 22 heavy (non-hydrogen) atoms. The van der Waals surface area contributed by atoms with E-state index < -0.39 is 17.5 Å². The SMILES string of the molecule is COC(=O)C(O)=CC(=O)c1ccoc1Cc1ccc(F)cc1. The zero-order valence-electron chi connectivity index (χ0n) is 11.7. The number of carbonyl (C=O) groups is 2. The minimum absolute atomic E-state index is 0.208. The number of hydrogen-bond acceptors (Lipinski definition) is 5. The maximum absolute atomic E-state index is 12.9. The Kier molecular flexibility index (Phi) is 4.73. The van der Waals surface area contributed by atoms with Crippen LogP contribution in [0.15, 0.2) is 52.8 Å². The maximum atomic E-state index is 12.9. The van der Waals surface area contributed by atoms with Crippen LogP contribution in [0.5, 0.6) is 0 Å². The lowest BCUT2D eigenvalue weighted by Crippen LogP contribution is -2.07. The fourth-order valence-electron chi connectivity index (χ4n) is 1.85. The largest absolute Gasteiger partial charge is 0.502 e. The number of methoxy groups -OCH3 is 1. The maximum Gasteiger partial charge on any atom is 0.373 e. The molecule has 0 unspecified atom stereocenters. The molecule has 5 nitrogen and oxygen atoms in total. The normalized spacial score (nSPS) is 11.3. The molecule has 1 aromatic heterocycles. The quantitative estimate of drug-likeness (QED) is 0.398. The zero-order valence-corrected chi connectivity index (χ0v) is 11.7. The number of benzene rings is 1. The summed E-state index contributed by atoms with van der Waals surface area (Å²) in [4.78, 5) is 23.1. The molecular weight excluding hydrogens is 291 g/mol. The summed E-state index contributed by atoms with van der Waals surface area (Å²) < 4.78 is 22.4. The van der Waals surface area contributed by atoms with Crippen molar-refractivity contribution in [1.82, 2.24) is 0 Å². The Morgan fingerprint density at radius 2 is 1.95 bits per heavy atom. The van der Waals surface area contributed by atoms with E-state index in [-0.39, 0.29) is 17.8 Å². The van der Waals surface area contributed by atoms with Gasteiger partial charge >= 0.3 is 5.97 Å². The first kappa shape index (κ1) is 15.5. The van der Waals surface area contributed by atoms with Crippen LogP contribution < -0.4 is 0 Å². The summed E-state index contributed by atoms with van der Waals surface area (Å²) in [6, 6.07) is 7.20. The van der Waals surface area contributed by atoms with Crippen molar-refractivity contribution in [1.29, 1.82) is 0 Å². The molecule has 2 rings (SSSR count). The summed E-state index contributed by atoms with van der Waals surface area (Å²) >= 11 is 0. The van der Waals surface area contributed by atoms with E-state index in [1.165, 1.54) is 24.5 Å². The molecule has 0 radical (unpaired) electrons. The number of halogens is 1. The van der Waals surface area contributed by atoms with Crippen LogP contribution in [0.4, 0.5) is 4.39 Å². The number of furan rings is 1. The van der Waals surface area contributed by atoms with Crippen molar-refractivity contribution < 1.29 is 28.2 Å². The Labute approximate surface area is 125 Å². The van der Waals surface area contributed by atoms with Crippen molar-refractivity contribution >= 4 is 11.8 Å². The highest BCUT2D eigenvalue weighted by molar-refractivity contribution is 6.08. The third-order valence-electron chi connectivity index (χ3n) is 2.95. The van der Waals surface area contributed by atoms with Crippen molar-refractivity contribution in [2.45, 2.75) is 6.42 Å². The van der Waals surface area contributed by atoms with E-state index >= 15 is 0 Å². The van der Waals surface area contributed by atoms with Crippen LogP contribution in [0, 0.1) is 5.82 Å². The van der Waals surface area contributed by atoms with E-state index in [4.69, 9.17) is 4.42 Å². The number of carbonyl (C=O) groups excluding carboxylic acids is 2. The van der Waals surface area contributed by atoms with Gasteiger partial charge in [0.05, 0.1) is 18.9 Å². The Morgan fingerprint density at radius 1 is 1.27 bits per heavy atom. The summed E-state index contributed by atoms with van der Waals surface area (Å²) in [7, 11) is 1.09. The predicted molar refractivity (Wildman–Crippen MR) is 75.0 cm³/mol. The highest BCUT2D eigenvalue weighted by Crippen LogP contribution is 2.17. The summed E-state index contributed by atoms with van der Waals surface area (Å²) in [5, 5.41) is 9.39. The van der Waals surface area contributed by atoms with E-state index in [0.29, 0.717) is 5.76 Å². The average molecular weight is 304 g/mol. The second-order valence-corrected chi connectivity index (χ2v) is 4.45. The molecule has 0 aliphatic carbocycles. The Bertz CT molecular complexity index is 712. The van der Waals surface area contributed by atoms with Gasteiger partial charge in [-0.1, -0.05) is 12.1 Å². The Morgan fingerprint density at radius 3 is 2.59 bits per heavy atom. The minimum atomic E-state index is -1.00. The number of allylic oxidation sites excluding steroid dienone is 1. The van der Waals surface area contributed by atoms with E-state index in [9.17, 15) is 19.1 Å². The van der Waals surface area contributed by atoms with Gasteiger partial charge in [0, 0.05) is 12.5 Å². The van der Waals surface area contributed by atoms with Gasteiger partial charge in [0.2, 0.25) is 5.76 Å². The van der Waals surface area contributed by atoms with Crippen molar-refractivity contribution in [3.63, 3.8) is 0 Å². The van der Waals surface area contributed by atoms with Gasteiger partial charge in [-0.15, -0.1) is 0 Å². The van der Waals surface area contributed by atoms with Gasteiger partial charge in [-0.25, -0.2) is 9.18 Å². The molecule has 0 spiro atoms. The molecule has 1 heterocycles. The van der Waals surface area contributed by atoms with Gasteiger partial charge < -0.3 is 14.3 Å². The highest BCUT2D eigenvalue weighted by Gasteiger charge is 2.16. The summed E-state index contributed by atoms with van der Waals surface area (Å²) in [5.41, 5.74) is 0.964. The summed E-state index contributed by atoms with van der Waals surface area (Å²) in [6.45, 7) is 0. The first-order valence-corrected chi connectivity index (χ1v) is 6.35. The van der Waals surface area contributed by atoms with E-state index in [1.807, 2.05) is 0 Å². The number of rotatable bonds is 5. The van der Waals surface area contributed by atoms with Gasteiger partial charge in [0.15, 0.2) is 5.78 Å². The smallest absolute Gasteiger partial charge is 0.373 e. The molecule has 1 N–H and O–H groups in total. The molecule has 0 amide bonds. The van der Waals surface area contributed by atoms with Crippen LogP contribution in [-0.2, 0) is 16.0 Å². The Hall–Kier alpha value is -2.89. The van der Waals surface area contributed by atoms with Crippen molar-refractivity contribution in [3.05, 3.63) is 71.1 Å². The number of aliphatic hydroxyl groups is 1. The molecular formula is C16H13FO5. The van der Waals surface area contributed by atoms with E-state index in [0.717, 1.165) is 18.7 Å². The number of aliphatic hydroxyl groups excluding tert-OH is 1. The number of ether oxygens (including phenoxy) is 1. The lowest BCUT2D eigenvalue weighted by atomic mass is 10.0. The third kappa shape index (κ3) is 3.60. The lowest BCUT2D eigenvalue weighted by molar-refractivity contribution is -0.139. The molecule has 6 heteroatoms. The van der Waals surface area contributed by atoms with Gasteiger partial charge in [-0.3, -0.25) is 4.79 Å². The molecule has 0 aliphatic heterocycles. The molecule has 0 atom stereocenters. The second kappa shape index (κ2) is 6.71. The third-order valence-corrected chi connectivity index (χ3v) is 2.95. The van der Waals surface area contributed by atoms with E-state index in [2.05, 4.69) is 4.74 Å². The van der Waals surface area contributed by atoms with Crippen LogP contribution in [0.3, 0.4) is 0 Å². The van der Waals surface area contributed by atoms with Gasteiger partial charge in [0.1, 0.15) is 11.6 Å². The highest BCUT2D eigenvalue weighted by atomic mass is 19.1.